The van der Waals surface area contributed by atoms with Crippen LogP contribution in [0.1, 0.15) is 40.7 Å². The van der Waals surface area contributed by atoms with Gasteiger partial charge in [0.05, 0.1) is 0 Å². The Bertz CT molecular complexity index is 1670. The van der Waals surface area contributed by atoms with E-state index in [-0.39, 0.29) is 11.3 Å². The quantitative estimate of drug-likeness (QED) is 0.220. The number of allylic oxidation sites excluding steroid dienone is 4. The molecule has 0 radical (unpaired) electrons. The molecule has 1 heteroatoms. The van der Waals surface area contributed by atoms with Gasteiger partial charge in [0.2, 0.25) is 0 Å². The Labute approximate surface area is 220 Å². The van der Waals surface area contributed by atoms with Crippen LogP contribution in [0.15, 0.2) is 132 Å². The van der Waals surface area contributed by atoms with Crippen LogP contribution in [0.3, 0.4) is 0 Å². The third kappa shape index (κ3) is 3.06. The van der Waals surface area contributed by atoms with Crippen molar-refractivity contribution in [3.05, 3.63) is 160 Å². The van der Waals surface area contributed by atoms with E-state index >= 15 is 0 Å². The minimum atomic E-state index is -0.240. The van der Waals surface area contributed by atoms with Gasteiger partial charge in [-0.05, 0) is 73.5 Å². The predicted octanol–water partition coefficient (Wildman–Crippen LogP) is 9.67. The van der Waals surface area contributed by atoms with Gasteiger partial charge >= 0.3 is 0 Å². The Kier molecular flexibility index (Phi) is 4.91. The molecule has 2 atom stereocenters. The molecular weight excluding hydrogens is 500 g/mol. The van der Waals surface area contributed by atoms with Crippen LogP contribution in [0, 0.1) is 0 Å². The molecule has 172 valence electrons. The summed E-state index contributed by atoms with van der Waals surface area (Å²) in [6.07, 6.45) is 2.47. The van der Waals surface area contributed by atoms with Crippen molar-refractivity contribution >= 4 is 43.4 Å². The first-order valence-electron chi connectivity index (χ1n) is 12.5. The van der Waals surface area contributed by atoms with E-state index in [1.165, 1.54) is 55.3 Å². The van der Waals surface area contributed by atoms with Gasteiger partial charge in [0.15, 0.2) is 0 Å². The minimum absolute atomic E-state index is 0.208. The molecule has 7 rings (SSSR count). The first-order valence-corrected chi connectivity index (χ1v) is 13.3. The molecule has 2 unspecified atom stereocenters. The highest BCUT2D eigenvalue weighted by Gasteiger charge is 2.49. The largest absolute Gasteiger partial charge is 0.0622 e. The summed E-state index contributed by atoms with van der Waals surface area (Å²) in [4.78, 5) is 0. The standard InChI is InChI=1S/C35H25Br/c1-35(26-14-6-3-7-15-26)31(24-18-20-27(36)21-19-24)22-30(23-10-4-2-5-11-23)33-28-16-8-12-25-13-9-17-29(32(25)28)34(33)35/h2-22,34H,1H3. The number of benzene rings is 5. The van der Waals surface area contributed by atoms with E-state index in [1.54, 1.807) is 0 Å². The number of halogens is 1. The third-order valence-electron chi connectivity index (χ3n) is 8.16. The van der Waals surface area contributed by atoms with Gasteiger partial charge in [0, 0.05) is 15.8 Å². The van der Waals surface area contributed by atoms with Gasteiger partial charge in [0.25, 0.3) is 0 Å². The Balaban J connectivity index is 1.63. The fourth-order valence-electron chi connectivity index (χ4n) is 6.55. The van der Waals surface area contributed by atoms with Crippen molar-refractivity contribution < 1.29 is 0 Å². The van der Waals surface area contributed by atoms with Gasteiger partial charge in [-0.2, -0.15) is 0 Å². The topological polar surface area (TPSA) is 0 Å². The van der Waals surface area contributed by atoms with Crippen LogP contribution in [0.25, 0.3) is 27.5 Å². The molecule has 0 N–H and O–H groups in total. The Morgan fingerprint density at radius 1 is 0.639 bits per heavy atom. The van der Waals surface area contributed by atoms with Crippen molar-refractivity contribution in [2.24, 2.45) is 0 Å². The van der Waals surface area contributed by atoms with E-state index in [0.717, 1.165) is 4.47 Å². The van der Waals surface area contributed by atoms with Crippen molar-refractivity contribution in [3.8, 4) is 0 Å². The van der Waals surface area contributed by atoms with E-state index in [0.29, 0.717) is 0 Å². The van der Waals surface area contributed by atoms with Crippen LogP contribution in [-0.4, -0.2) is 0 Å². The van der Waals surface area contributed by atoms with Gasteiger partial charge in [-0.15, -0.1) is 0 Å². The van der Waals surface area contributed by atoms with E-state index in [1.807, 2.05) is 0 Å². The third-order valence-corrected chi connectivity index (χ3v) is 8.68. The van der Waals surface area contributed by atoms with E-state index in [4.69, 9.17) is 0 Å². The summed E-state index contributed by atoms with van der Waals surface area (Å²) >= 11 is 3.65. The Hall–Kier alpha value is -3.68. The van der Waals surface area contributed by atoms with Gasteiger partial charge < -0.3 is 0 Å². The molecule has 0 saturated carbocycles. The SMILES string of the molecule is CC1(c2ccccc2)C(c2ccc(Br)cc2)=CC(c2ccccc2)=C2c3cccc4cccc(c34)C21. The van der Waals surface area contributed by atoms with E-state index < -0.39 is 0 Å². The molecule has 2 aliphatic carbocycles. The number of rotatable bonds is 3. The van der Waals surface area contributed by atoms with Crippen molar-refractivity contribution in [3.63, 3.8) is 0 Å². The second-order valence-electron chi connectivity index (χ2n) is 10.0. The predicted molar refractivity (Wildman–Crippen MR) is 156 cm³/mol. The number of hydrogen-bond acceptors (Lipinski definition) is 0. The average molecular weight is 525 g/mol. The minimum Gasteiger partial charge on any atom is -0.0622 e. The van der Waals surface area contributed by atoms with Crippen molar-refractivity contribution in [2.45, 2.75) is 18.3 Å². The molecule has 5 aromatic rings. The fourth-order valence-corrected chi connectivity index (χ4v) is 6.81. The van der Waals surface area contributed by atoms with Gasteiger partial charge in [-0.25, -0.2) is 0 Å². The van der Waals surface area contributed by atoms with Crippen LogP contribution >= 0.6 is 15.9 Å². The highest BCUT2D eigenvalue weighted by molar-refractivity contribution is 9.10. The first kappa shape index (κ1) is 21.6. The average Bonchev–Trinajstić information content (AvgIpc) is 3.28. The van der Waals surface area contributed by atoms with E-state index in [2.05, 4.69) is 150 Å². The maximum Gasteiger partial charge on any atom is 0.0290 e. The second kappa shape index (κ2) is 8.18. The molecule has 0 saturated heterocycles. The normalized spacial score (nSPS) is 20.4. The summed E-state index contributed by atoms with van der Waals surface area (Å²) in [5.74, 6) is 0.208. The summed E-state index contributed by atoms with van der Waals surface area (Å²) in [6, 6.07) is 44.5. The van der Waals surface area contributed by atoms with Crippen molar-refractivity contribution in [1.82, 2.24) is 0 Å². The zero-order chi connectivity index (χ0) is 24.3. The molecule has 0 amide bonds. The van der Waals surface area contributed by atoms with Crippen molar-refractivity contribution in [1.29, 1.82) is 0 Å². The van der Waals surface area contributed by atoms with E-state index in [9.17, 15) is 0 Å². The maximum atomic E-state index is 3.65. The van der Waals surface area contributed by atoms with Crippen LogP contribution in [0.5, 0.6) is 0 Å². The molecule has 0 aromatic heterocycles. The van der Waals surface area contributed by atoms with Gasteiger partial charge in [-0.1, -0.05) is 132 Å². The summed E-state index contributed by atoms with van der Waals surface area (Å²) in [6.45, 7) is 2.45. The summed E-state index contributed by atoms with van der Waals surface area (Å²) in [5, 5.41) is 2.72. The lowest BCUT2D eigenvalue weighted by molar-refractivity contribution is 0.563. The van der Waals surface area contributed by atoms with Crippen molar-refractivity contribution in [2.75, 3.05) is 0 Å². The first-order chi connectivity index (χ1) is 17.7. The second-order valence-corrected chi connectivity index (χ2v) is 10.9. The number of hydrogen-bond donors (Lipinski definition) is 0. The molecule has 36 heavy (non-hydrogen) atoms. The molecular formula is C35H25Br. The lowest BCUT2D eigenvalue weighted by atomic mass is 9.58. The summed E-state index contributed by atoms with van der Waals surface area (Å²) in [5.41, 5.74) is 10.6. The zero-order valence-corrected chi connectivity index (χ0v) is 21.7. The molecule has 5 aromatic carbocycles. The van der Waals surface area contributed by atoms with Crippen LogP contribution in [0.2, 0.25) is 0 Å². The molecule has 0 nitrogen and oxygen atoms in total. The number of fused-ring (bicyclic) bond motifs is 3. The van der Waals surface area contributed by atoms with Gasteiger partial charge in [0.1, 0.15) is 0 Å². The summed E-state index contributed by atoms with van der Waals surface area (Å²) in [7, 11) is 0. The lowest BCUT2D eigenvalue weighted by Crippen LogP contribution is -2.34. The maximum absolute atomic E-state index is 3.65. The lowest BCUT2D eigenvalue weighted by Gasteiger charge is -2.44. The highest BCUT2D eigenvalue weighted by Crippen LogP contribution is 2.63. The molecule has 2 aliphatic rings. The Morgan fingerprint density at radius 3 is 2.03 bits per heavy atom. The van der Waals surface area contributed by atoms with Gasteiger partial charge in [-0.3, -0.25) is 0 Å². The molecule has 0 bridgehead atoms. The molecule has 0 aliphatic heterocycles. The fraction of sp³-hybridized carbons (Fsp3) is 0.0857. The molecule has 0 fully saturated rings. The highest BCUT2D eigenvalue weighted by atomic mass is 79.9. The summed E-state index contributed by atoms with van der Waals surface area (Å²) < 4.78 is 1.10. The van der Waals surface area contributed by atoms with Crippen LogP contribution < -0.4 is 0 Å². The monoisotopic (exact) mass is 524 g/mol. The Morgan fingerprint density at radius 2 is 1.31 bits per heavy atom. The smallest absolute Gasteiger partial charge is 0.0290 e. The van der Waals surface area contributed by atoms with Crippen LogP contribution in [-0.2, 0) is 5.41 Å². The zero-order valence-electron chi connectivity index (χ0n) is 20.1. The molecule has 0 heterocycles. The molecule has 0 spiro atoms. The van der Waals surface area contributed by atoms with Crippen LogP contribution in [0.4, 0.5) is 0 Å².